The average molecular weight is 421 g/mol. The second-order valence-electron chi connectivity index (χ2n) is 8.43. The van der Waals surface area contributed by atoms with E-state index in [1.807, 2.05) is 40.1 Å². The summed E-state index contributed by atoms with van der Waals surface area (Å²) in [7, 11) is 0. The SMILES string of the molecule is CC(=O)N1CCc2ccccc2C1CC(=O)N1CCC(c2ccccc2C(=O)O)CC1. The molecule has 2 aromatic rings. The third kappa shape index (κ3) is 4.33. The van der Waals surface area contributed by atoms with Crippen molar-refractivity contribution >= 4 is 17.8 Å². The van der Waals surface area contributed by atoms with Crippen LogP contribution in [0.5, 0.6) is 0 Å². The number of aromatic carboxylic acids is 1. The van der Waals surface area contributed by atoms with Crippen LogP contribution in [-0.4, -0.2) is 52.3 Å². The Morgan fingerprint density at radius 2 is 1.58 bits per heavy atom. The Balaban J connectivity index is 1.45. The second kappa shape index (κ2) is 8.92. The monoisotopic (exact) mass is 420 g/mol. The molecule has 2 aliphatic rings. The van der Waals surface area contributed by atoms with Gasteiger partial charge in [0, 0.05) is 26.6 Å². The number of hydrogen-bond donors (Lipinski definition) is 1. The molecule has 31 heavy (non-hydrogen) atoms. The van der Waals surface area contributed by atoms with Gasteiger partial charge in [0.05, 0.1) is 18.0 Å². The van der Waals surface area contributed by atoms with Crippen LogP contribution in [0.1, 0.15) is 65.2 Å². The van der Waals surface area contributed by atoms with E-state index in [4.69, 9.17) is 0 Å². The van der Waals surface area contributed by atoms with Gasteiger partial charge in [0.25, 0.3) is 0 Å². The molecular formula is C25H28N2O4. The van der Waals surface area contributed by atoms with Crippen LogP contribution in [0, 0.1) is 0 Å². The smallest absolute Gasteiger partial charge is 0.335 e. The van der Waals surface area contributed by atoms with E-state index >= 15 is 0 Å². The van der Waals surface area contributed by atoms with Crippen LogP contribution in [0.15, 0.2) is 48.5 Å². The first-order valence-electron chi connectivity index (χ1n) is 10.9. The van der Waals surface area contributed by atoms with Crippen molar-refractivity contribution in [3.05, 3.63) is 70.8 Å². The molecule has 2 amide bonds. The number of carbonyl (C=O) groups is 3. The summed E-state index contributed by atoms with van der Waals surface area (Å²) in [5.74, 6) is -0.718. The molecule has 2 heterocycles. The lowest BCUT2D eigenvalue weighted by Crippen LogP contribution is -2.43. The molecule has 2 aromatic carbocycles. The number of amides is 2. The van der Waals surface area contributed by atoms with Crippen LogP contribution in [0.25, 0.3) is 0 Å². The Bertz CT molecular complexity index is 995. The molecule has 2 aliphatic heterocycles. The fourth-order valence-corrected chi connectivity index (χ4v) is 5.03. The molecule has 1 fully saturated rings. The van der Waals surface area contributed by atoms with Gasteiger partial charge in [-0.3, -0.25) is 9.59 Å². The predicted octanol–water partition coefficient (Wildman–Crippen LogP) is 3.63. The summed E-state index contributed by atoms with van der Waals surface area (Å²) in [5.41, 5.74) is 3.48. The predicted molar refractivity (Wildman–Crippen MR) is 117 cm³/mol. The lowest BCUT2D eigenvalue weighted by atomic mass is 9.86. The third-order valence-electron chi connectivity index (χ3n) is 6.66. The maximum Gasteiger partial charge on any atom is 0.335 e. The first kappa shape index (κ1) is 21.1. The van der Waals surface area contributed by atoms with Crippen LogP contribution >= 0.6 is 0 Å². The van der Waals surface area contributed by atoms with Crippen molar-refractivity contribution in [3.8, 4) is 0 Å². The maximum atomic E-state index is 13.2. The van der Waals surface area contributed by atoms with Crippen molar-refractivity contribution < 1.29 is 19.5 Å². The number of benzene rings is 2. The number of fused-ring (bicyclic) bond motifs is 1. The zero-order valence-electron chi connectivity index (χ0n) is 17.8. The molecule has 0 spiro atoms. The summed E-state index contributed by atoms with van der Waals surface area (Å²) in [5, 5.41) is 9.47. The Morgan fingerprint density at radius 1 is 0.935 bits per heavy atom. The van der Waals surface area contributed by atoms with Crippen LogP contribution in [0.2, 0.25) is 0 Å². The maximum absolute atomic E-state index is 13.2. The van der Waals surface area contributed by atoms with Gasteiger partial charge in [0.2, 0.25) is 11.8 Å². The second-order valence-corrected chi connectivity index (χ2v) is 8.43. The van der Waals surface area contributed by atoms with Crippen molar-refractivity contribution in [2.45, 2.75) is 44.6 Å². The molecule has 1 unspecified atom stereocenters. The Labute approximate surface area is 182 Å². The van der Waals surface area contributed by atoms with E-state index in [1.54, 1.807) is 19.1 Å². The zero-order valence-corrected chi connectivity index (χ0v) is 17.8. The Morgan fingerprint density at radius 3 is 2.26 bits per heavy atom. The van der Waals surface area contributed by atoms with E-state index in [1.165, 1.54) is 5.56 Å². The fourth-order valence-electron chi connectivity index (χ4n) is 5.03. The van der Waals surface area contributed by atoms with Crippen molar-refractivity contribution in [1.82, 2.24) is 9.80 Å². The van der Waals surface area contributed by atoms with E-state index in [0.717, 1.165) is 30.4 Å². The minimum absolute atomic E-state index is 0.00344. The van der Waals surface area contributed by atoms with E-state index < -0.39 is 5.97 Å². The molecule has 4 rings (SSSR count). The minimum atomic E-state index is -0.908. The van der Waals surface area contributed by atoms with Crippen LogP contribution in [0.4, 0.5) is 0 Å². The fraction of sp³-hybridized carbons (Fsp3) is 0.400. The highest BCUT2D eigenvalue weighted by Crippen LogP contribution is 2.35. The van der Waals surface area contributed by atoms with E-state index in [-0.39, 0.29) is 30.2 Å². The lowest BCUT2D eigenvalue weighted by Gasteiger charge is -2.39. The van der Waals surface area contributed by atoms with E-state index in [0.29, 0.717) is 25.2 Å². The van der Waals surface area contributed by atoms with Gasteiger partial charge in [-0.25, -0.2) is 4.79 Å². The normalized spacial score (nSPS) is 19.1. The number of piperidine rings is 1. The molecule has 1 saturated heterocycles. The van der Waals surface area contributed by atoms with Gasteiger partial charge < -0.3 is 14.9 Å². The number of carbonyl (C=O) groups excluding carboxylic acids is 2. The highest BCUT2D eigenvalue weighted by Gasteiger charge is 2.33. The Hall–Kier alpha value is -3.15. The van der Waals surface area contributed by atoms with Gasteiger partial charge in [0.15, 0.2) is 0 Å². The summed E-state index contributed by atoms with van der Waals surface area (Å²) in [6, 6.07) is 15.0. The van der Waals surface area contributed by atoms with Crippen molar-refractivity contribution in [3.63, 3.8) is 0 Å². The van der Waals surface area contributed by atoms with E-state index in [9.17, 15) is 19.5 Å². The molecular weight excluding hydrogens is 392 g/mol. The average Bonchev–Trinajstić information content (AvgIpc) is 2.79. The molecule has 0 aliphatic carbocycles. The number of hydrogen-bond acceptors (Lipinski definition) is 3. The van der Waals surface area contributed by atoms with Gasteiger partial charge in [-0.2, -0.15) is 0 Å². The van der Waals surface area contributed by atoms with Crippen LogP contribution in [0.3, 0.4) is 0 Å². The quantitative estimate of drug-likeness (QED) is 0.819. The standard InChI is InChI=1S/C25H28N2O4/c1-17(28)27-15-12-18-6-2-3-8-21(18)23(27)16-24(29)26-13-10-19(11-14-26)20-7-4-5-9-22(20)25(30)31/h2-9,19,23H,10-16H2,1H3,(H,30,31). The molecule has 1 atom stereocenters. The summed E-state index contributed by atoms with van der Waals surface area (Å²) in [6.45, 7) is 3.41. The number of rotatable bonds is 4. The Kier molecular flexibility index (Phi) is 6.07. The van der Waals surface area contributed by atoms with Crippen molar-refractivity contribution in [2.75, 3.05) is 19.6 Å². The van der Waals surface area contributed by atoms with Crippen molar-refractivity contribution in [1.29, 1.82) is 0 Å². The van der Waals surface area contributed by atoms with Gasteiger partial charge >= 0.3 is 5.97 Å². The lowest BCUT2D eigenvalue weighted by molar-refractivity contribution is -0.137. The number of carboxylic acid groups (broad SMARTS) is 1. The van der Waals surface area contributed by atoms with Gasteiger partial charge in [-0.15, -0.1) is 0 Å². The molecule has 1 N–H and O–H groups in total. The molecule has 0 saturated carbocycles. The number of likely N-dealkylation sites (tertiary alicyclic amines) is 1. The highest BCUT2D eigenvalue weighted by molar-refractivity contribution is 5.89. The topological polar surface area (TPSA) is 77.9 Å². The number of nitrogens with zero attached hydrogens (tertiary/aromatic N) is 2. The molecule has 0 bridgehead atoms. The third-order valence-corrected chi connectivity index (χ3v) is 6.66. The first-order chi connectivity index (χ1) is 15.0. The van der Waals surface area contributed by atoms with E-state index in [2.05, 4.69) is 6.07 Å². The molecule has 162 valence electrons. The van der Waals surface area contributed by atoms with Gasteiger partial charge in [-0.1, -0.05) is 42.5 Å². The largest absolute Gasteiger partial charge is 0.478 e. The zero-order chi connectivity index (χ0) is 22.0. The summed E-state index contributed by atoms with van der Waals surface area (Å²) in [4.78, 5) is 40.6. The summed E-state index contributed by atoms with van der Waals surface area (Å²) < 4.78 is 0. The highest BCUT2D eigenvalue weighted by atomic mass is 16.4. The number of carboxylic acids is 1. The molecule has 0 aromatic heterocycles. The molecule has 6 nitrogen and oxygen atoms in total. The summed E-state index contributed by atoms with van der Waals surface area (Å²) in [6.07, 6.45) is 2.59. The van der Waals surface area contributed by atoms with Crippen LogP contribution < -0.4 is 0 Å². The molecule has 6 heteroatoms. The molecule has 0 radical (unpaired) electrons. The van der Waals surface area contributed by atoms with Gasteiger partial charge in [0.1, 0.15) is 0 Å². The van der Waals surface area contributed by atoms with Crippen molar-refractivity contribution in [2.24, 2.45) is 0 Å². The van der Waals surface area contributed by atoms with Crippen LogP contribution in [-0.2, 0) is 16.0 Å². The summed E-state index contributed by atoms with van der Waals surface area (Å²) >= 11 is 0. The first-order valence-corrected chi connectivity index (χ1v) is 10.9. The van der Waals surface area contributed by atoms with Gasteiger partial charge in [-0.05, 0) is 47.9 Å². The minimum Gasteiger partial charge on any atom is -0.478 e.